The lowest BCUT2D eigenvalue weighted by Crippen LogP contribution is -2.04. The molecule has 1 atom stereocenters. The van der Waals surface area contributed by atoms with Crippen LogP contribution in [-0.4, -0.2) is 9.55 Å². The minimum absolute atomic E-state index is 0.0678. The van der Waals surface area contributed by atoms with E-state index in [9.17, 15) is 0 Å². The molecule has 3 heteroatoms. The zero-order valence-electron chi connectivity index (χ0n) is 9.01. The summed E-state index contributed by atoms with van der Waals surface area (Å²) in [5.74, 6) is 0. The highest BCUT2D eigenvalue weighted by Gasteiger charge is 2.04. The van der Waals surface area contributed by atoms with Gasteiger partial charge >= 0.3 is 0 Å². The summed E-state index contributed by atoms with van der Waals surface area (Å²) >= 11 is 0. The molecule has 0 radical (unpaired) electrons. The largest absolute Gasteiger partial charge is 0.334 e. The van der Waals surface area contributed by atoms with Gasteiger partial charge in [-0.3, -0.25) is 0 Å². The van der Waals surface area contributed by atoms with E-state index in [1.807, 2.05) is 36.9 Å². The van der Waals surface area contributed by atoms with Crippen LogP contribution in [0.15, 0.2) is 36.8 Å². The van der Waals surface area contributed by atoms with Crippen molar-refractivity contribution in [1.29, 1.82) is 0 Å². The highest BCUT2D eigenvalue weighted by atomic mass is 15.0. The minimum atomic E-state index is 0.0678. The molecule has 1 heterocycles. The second-order valence-corrected chi connectivity index (χ2v) is 3.80. The summed E-state index contributed by atoms with van der Waals surface area (Å²) in [6.07, 6.45) is 3.66. The molecule has 0 fully saturated rings. The van der Waals surface area contributed by atoms with E-state index in [1.165, 1.54) is 0 Å². The molecular formula is C12H15N3. The van der Waals surface area contributed by atoms with Gasteiger partial charge in [-0.05, 0) is 18.6 Å². The van der Waals surface area contributed by atoms with Crippen LogP contribution in [0.1, 0.15) is 18.5 Å². The Hall–Kier alpha value is -1.61. The van der Waals surface area contributed by atoms with Crippen LogP contribution in [0.3, 0.4) is 0 Å². The highest BCUT2D eigenvalue weighted by molar-refractivity contribution is 5.60. The van der Waals surface area contributed by atoms with E-state index < -0.39 is 0 Å². The molecule has 0 aliphatic heterocycles. The second-order valence-electron chi connectivity index (χ2n) is 3.80. The van der Waals surface area contributed by atoms with Crippen molar-refractivity contribution in [3.63, 3.8) is 0 Å². The Morgan fingerprint density at radius 1 is 1.40 bits per heavy atom. The van der Waals surface area contributed by atoms with E-state index in [-0.39, 0.29) is 6.04 Å². The van der Waals surface area contributed by atoms with Crippen LogP contribution in [0, 0.1) is 0 Å². The number of aryl methyl sites for hydroxylation is 1. The Morgan fingerprint density at radius 3 is 2.80 bits per heavy atom. The van der Waals surface area contributed by atoms with E-state index >= 15 is 0 Å². The molecule has 15 heavy (non-hydrogen) atoms. The molecule has 0 aliphatic carbocycles. The van der Waals surface area contributed by atoms with Crippen molar-refractivity contribution >= 4 is 0 Å². The van der Waals surface area contributed by atoms with Gasteiger partial charge in [-0.25, -0.2) is 4.98 Å². The number of imidazole rings is 1. The van der Waals surface area contributed by atoms with Crippen molar-refractivity contribution < 1.29 is 0 Å². The molecule has 0 spiro atoms. The number of nitrogens with zero attached hydrogens (tertiary/aromatic N) is 2. The lowest BCUT2D eigenvalue weighted by Gasteiger charge is -2.08. The number of rotatable bonds is 2. The molecule has 2 rings (SSSR count). The third-order valence-corrected chi connectivity index (χ3v) is 2.52. The van der Waals surface area contributed by atoms with Crippen molar-refractivity contribution in [3.05, 3.63) is 42.4 Å². The second kappa shape index (κ2) is 3.87. The average molecular weight is 201 g/mol. The summed E-state index contributed by atoms with van der Waals surface area (Å²) in [5, 5.41) is 0. The molecule has 1 unspecified atom stereocenters. The minimum Gasteiger partial charge on any atom is -0.334 e. The van der Waals surface area contributed by atoms with E-state index in [0.29, 0.717) is 0 Å². The van der Waals surface area contributed by atoms with E-state index in [2.05, 4.69) is 17.1 Å². The highest BCUT2D eigenvalue weighted by Crippen LogP contribution is 2.21. The summed E-state index contributed by atoms with van der Waals surface area (Å²) in [6.45, 7) is 1.99. The molecule has 1 aromatic heterocycles. The summed E-state index contributed by atoms with van der Waals surface area (Å²) in [5.41, 5.74) is 9.26. The Morgan fingerprint density at radius 2 is 2.20 bits per heavy atom. The zero-order valence-corrected chi connectivity index (χ0v) is 9.01. The van der Waals surface area contributed by atoms with Crippen molar-refractivity contribution in [2.75, 3.05) is 0 Å². The normalized spacial score (nSPS) is 12.7. The molecule has 1 aromatic carbocycles. The first-order valence-corrected chi connectivity index (χ1v) is 5.00. The Bertz CT molecular complexity index is 457. The molecule has 0 saturated carbocycles. The number of benzene rings is 1. The van der Waals surface area contributed by atoms with Crippen molar-refractivity contribution in [1.82, 2.24) is 9.55 Å². The molecule has 2 aromatic rings. The summed E-state index contributed by atoms with van der Waals surface area (Å²) in [6, 6.07) is 8.33. The molecule has 2 N–H and O–H groups in total. The fourth-order valence-electron chi connectivity index (χ4n) is 1.62. The van der Waals surface area contributed by atoms with Gasteiger partial charge in [0.15, 0.2) is 0 Å². The predicted octanol–water partition coefficient (Wildman–Crippen LogP) is 2.11. The lowest BCUT2D eigenvalue weighted by atomic mass is 10.0. The SMILES string of the molecule is CC(N)c1cccc(-c2cncn2C)c1. The predicted molar refractivity (Wildman–Crippen MR) is 61.2 cm³/mol. The Labute approximate surface area is 89.6 Å². The van der Waals surface area contributed by atoms with Gasteiger partial charge in [0.2, 0.25) is 0 Å². The molecular weight excluding hydrogens is 186 g/mol. The molecule has 0 aliphatic rings. The van der Waals surface area contributed by atoms with E-state index in [1.54, 1.807) is 6.33 Å². The number of hydrogen-bond donors (Lipinski definition) is 1. The van der Waals surface area contributed by atoms with Crippen LogP contribution >= 0.6 is 0 Å². The Balaban J connectivity index is 2.46. The van der Waals surface area contributed by atoms with Crippen molar-refractivity contribution in [2.45, 2.75) is 13.0 Å². The average Bonchev–Trinajstić information content (AvgIpc) is 2.64. The van der Waals surface area contributed by atoms with Crippen LogP contribution < -0.4 is 5.73 Å². The number of hydrogen-bond acceptors (Lipinski definition) is 2. The first-order valence-electron chi connectivity index (χ1n) is 5.00. The van der Waals surface area contributed by atoms with Gasteiger partial charge in [0, 0.05) is 18.7 Å². The van der Waals surface area contributed by atoms with Gasteiger partial charge < -0.3 is 10.3 Å². The van der Waals surface area contributed by atoms with E-state index in [0.717, 1.165) is 16.8 Å². The molecule has 0 amide bonds. The van der Waals surface area contributed by atoms with E-state index in [4.69, 9.17) is 5.73 Å². The van der Waals surface area contributed by atoms with Gasteiger partial charge in [0.25, 0.3) is 0 Å². The summed E-state index contributed by atoms with van der Waals surface area (Å²) < 4.78 is 2.00. The lowest BCUT2D eigenvalue weighted by molar-refractivity contribution is 0.818. The van der Waals surface area contributed by atoms with Gasteiger partial charge in [0.1, 0.15) is 0 Å². The van der Waals surface area contributed by atoms with Crippen LogP contribution in [-0.2, 0) is 7.05 Å². The topological polar surface area (TPSA) is 43.8 Å². The maximum atomic E-state index is 5.85. The summed E-state index contributed by atoms with van der Waals surface area (Å²) in [7, 11) is 1.99. The zero-order chi connectivity index (χ0) is 10.8. The molecule has 3 nitrogen and oxygen atoms in total. The quantitative estimate of drug-likeness (QED) is 0.808. The first-order chi connectivity index (χ1) is 7.18. The summed E-state index contributed by atoms with van der Waals surface area (Å²) in [4.78, 5) is 4.10. The third kappa shape index (κ3) is 1.92. The fraction of sp³-hybridized carbons (Fsp3) is 0.250. The van der Waals surface area contributed by atoms with Gasteiger partial charge in [0.05, 0.1) is 18.2 Å². The Kier molecular flexibility index (Phi) is 2.56. The number of nitrogens with two attached hydrogens (primary N) is 1. The number of aromatic nitrogens is 2. The third-order valence-electron chi connectivity index (χ3n) is 2.52. The monoisotopic (exact) mass is 201 g/mol. The fourth-order valence-corrected chi connectivity index (χ4v) is 1.62. The van der Waals surface area contributed by atoms with Crippen molar-refractivity contribution in [2.24, 2.45) is 12.8 Å². The van der Waals surface area contributed by atoms with Crippen LogP contribution in [0.25, 0.3) is 11.3 Å². The van der Waals surface area contributed by atoms with Crippen LogP contribution in [0.2, 0.25) is 0 Å². The molecule has 0 saturated heterocycles. The maximum absolute atomic E-state index is 5.85. The van der Waals surface area contributed by atoms with Gasteiger partial charge in [-0.2, -0.15) is 0 Å². The van der Waals surface area contributed by atoms with Gasteiger partial charge in [-0.1, -0.05) is 18.2 Å². The van der Waals surface area contributed by atoms with Crippen molar-refractivity contribution in [3.8, 4) is 11.3 Å². The molecule has 78 valence electrons. The smallest absolute Gasteiger partial charge is 0.0948 e. The first kappa shape index (κ1) is 9.93. The van der Waals surface area contributed by atoms with Crippen LogP contribution in [0.5, 0.6) is 0 Å². The van der Waals surface area contributed by atoms with Crippen LogP contribution in [0.4, 0.5) is 0 Å². The molecule has 0 bridgehead atoms. The maximum Gasteiger partial charge on any atom is 0.0948 e. The standard InChI is InChI=1S/C12H15N3/c1-9(13)10-4-3-5-11(6-10)12-7-14-8-15(12)2/h3-9H,13H2,1-2H3. The van der Waals surface area contributed by atoms with Gasteiger partial charge in [-0.15, -0.1) is 0 Å².